The van der Waals surface area contributed by atoms with Crippen LogP contribution in [-0.2, 0) is 9.13 Å². The van der Waals surface area contributed by atoms with Gasteiger partial charge in [0, 0.05) is 11.1 Å². The molecule has 4 aliphatic rings. The van der Waals surface area contributed by atoms with Crippen molar-refractivity contribution in [1.82, 2.24) is 0 Å². The van der Waals surface area contributed by atoms with Crippen LogP contribution in [0.1, 0.15) is 99.5 Å². The van der Waals surface area contributed by atoms with Crippen molar-refractivity contribution in [2.24, 2.45) is 11.8 Å². The van der Waals surface area contributed by atoms with Crippen molar-refractivity contribution < 1.29 is 9.13 Å². The van der Waals surface area contributed by atoms with E-state index in [0.29, 0.717) is 23.2 Å². The maximum atomic E-state index is 13.0. The molecule has 0 aromatic heterocycles. The maximum Gasteiger partial charge on any atom is 0.350 e. The molecule has 1 aromatic carbocycles. The molecule has 2 saturated carbocycles. The molecule has 4 fully saturated rings. The summed E-state index contributed by atoms with van der Waals surface area (Å²) in [6, 6.07) is 8.95. The predicted molar refractivity (Wildman–Crippen MR) is 117 cm³/mol. The first kappa shape index (κ1) is 19.4. The lowest BCUT2D eigenvalue weighted by Gasteiger charge is -2.36. The minimum absolute atomic E-state index is 0.288. The molecule has 8 atom stereocenters. The molecule has 0 amide bonds. The van der Waals surface area contributed by atoms with Gasteiger partial charge in [0.15, 0.2) is 22.6 Å². The number of rotatable bonds is 2. The molecule has 1 aromatic rings. The minimum atomic E-state index is -1.09. The topological polar surface area (TPSA) is 34.1 Å². The summed E-state index contributed by atoms with van der Waals surface area (Å²) in [6.07, 6.45) is 15.4. The summed E-state index contributed by atoms with van der Waals surface area (Å²) < 4.78 is 25.9. The van der Waals surface area contributed by atoms with Gasteiger partial charge in [0.2, 0.25) is 0 Å². The molecule has 0 radical (unpaired) electrons. The lowest BCUT2D eigenvalue weighted by atomic mass is 9.82. The van der Waals surface area contributed by atoms with E-state index in [4.69, 9.17) is 0 Å². The highest BCUT2D eigenvalue weighted by Crippen LogP contribution is 2.68. The molecular weight excluding hydrogens is 382 g/mol. The zero-order valence-electron chi connectivity index (χ0n) is 17.0. The molecule has 2 aliphatic heterocycles. The predicted octanol–water partition coefficient (Wildman–Crippen LogP) is 8.13. The van der Waals surface area contributed by atoms with Crippen LogP contribution < -0.4 is 0 Å². The van der Waals surface area contributed by atoms with Crippen molar-refractivity contribution in [3.05, 3.63) is 35.4 Å². The first-order chi connectivity index (χ1) is 13.8. The van der Waals surface area contributed by atoms with E-state index < -0.39 is 15.6 Å². The Hall–Kier alpha value is -0.580. The van der Waals surface area contributed by atoms with Gasteiger partial charge in [-0.1, -0.05) is 71.9 Å². The Morgan fingerprint density at radius 3 is 1.29 bits per heavy atom. The highest BCUT2D eigenvalue weighted by molar-refractivity contribution is 7.48. The van der Waals surface area contributed by atoms with Crippen LogP contribution in [0.25, 0.3) is 0 Å². The number of fused-ring (bicyclic) bond motifs is 2. The van der Waals surface area contributed by atoms with Crippen molar-refractivity contribution in [3.63, 3.8) is 0 Å². The maximum absolute atomic E-state index is 13.0. The summed E-state index contributed by atoms with van der Waals surface area (Å²) in [7, 11) is -2.19. The van der Waals surface area contributed by atoms with E-state index in [2.05, 4.69) is 24.3 Å². The van der Waals surface area contributed by atoms with Crippen LogP contribution in [0, 0.1) is 11.8 Å². The number of hydrogen-bond acceptors (Lipinski definition) is 2. The molecule has 150 valence electrons. The van der Waals surface area contributed by atoms with Crippen molar-refractivity contribution in [2.45, 2.75) is 99.7 Å². The Morgan fingerprint density at radius 2 is 0.893 bits per heavy atom. The summed E-state index contributed by atoms with van der Waals surface area (Å²) in [5, 5.41) is 0. The van der Waals surface area contributed by atoms with E-state index in [-0.39, 0.29) is 11.3 Å². The van der Waals surface area contributed by atoms with E-state index in [0.717, 1.165) is 0 Å². The molecule has 0 N–H and O–H groups in total. The van der Waals surface area contributed by atoms with E-state index in [1.807, 2.05) is 0 Å². The summed E-state index contributed by atoms with van der Waals surface area (Å²) >= 11 is 0. The molecule has 0 bridgehead atoms. The summed E-state index contributed by atoms with van der Waals surface area (Å²) in [6.45, 7) is 0. The highest BCUT2D eigenvalue weighted by atomic mass is 31.1. The lowest BCUT2D eigenvalue weighted by Crippen LogP contribution is -2.35. The van der Waals surface area contributed by atoms with Gasteiger partial charge in [-0.25, -0.2) is 0 Å². The summed E-state index contributed by atoms with van der Waals surface area (Å²) in [4.78, 5) is 0. The van der Waals surface area contributed by atoms with Crippen LogP contribution >= 0.6 is 15.6 Å². The van der Waals surface area contributed by atoms with Gasteiger partial charge in [-0.15, -0.1) is 0 Å². The fraction of sp³-hybridized carbons (Fsp3) is 0.750. The standard InChI is InChI=1S/C24H34O2P2/c25-27-21-11-7-3-1-5-9-19(21)23(27)17-13-15-18(16-14-17)24-20-10-6-2-4-8-12-22(20)28(24)26/h13-16,19-24H,1-12H2/q+2. The van der Waals surface area contributed by atoms with E-state index >= 15 is 0 Å². The second-order valence-corrected chi connectivity index (χ2v) is 13.6. The molecule has 2 nitrogen and oxygen atoms in total. The fourth-order valence-corrected chi connectivity index (χ4v) is 11.5. The molecule has 5 rings (SSSR count). The minimum Gasteiger partial charge on any atom is -0.0738 e. The fourth-order valence-electron chi connectivity index (χ4n) is 6.62. The Morgan fingerprint density at radius 1 is 0.536 bits per heavy atom. The van der Waals surface area contributed by atoms with Gasteiger partial charge in [-0.05, 0) is 38.5 Å². The van der Waals surface area contributed by atoms with Crippen molar-refractivity contribution in [3.8, 4) is 0 Å². The van der Waals surface area contributed by atoms with Crippen molar-refractivity contribution in [1.29, 1.82) is 0 Å². The first-order valence-electron chi connectivity index (χ1n) is 11.8. The average Bonchev–Trinajstić information content (AvgIpc) is 2.67. The third-order valence-corrected chi connectivity index (χ3v) is 13.2. The van der Waals surface area contributed by atoms with Crippen LogP contribution in [0.3, 0.4) is 0 Å². The zero-order valence-corrected chi connectivity index (χ0v) is 18.8. The van der Waals surface area contributed by atoms with Crippen LogP contribution in [0.4, 0.5) is 0 Å². The average molecular weight is 416 g/mol. The quantitative estimate of drug-likeness (QED) is 0.456. The highest BCUT2D eigenvalue weighted by Gasteiger charge is 2.62. The van der Waals surface area contributed by atoms with E-state index in [9.17, 15) is 9.13 Å². The van der Waals surface area contributed by atoms with Crippen LogP contribution in [-0.4, -0.2) is 11.3 Å². The summed E-state index contributed by atoms with van der Waals surface area (Å²) in [5.74, 6) is 1.29. The smallest absolute Gasteiger partial charge is 0.0738 e. The third kappa shape index (κ3) is 3.33. The lowest BCUT2D eigenvalue weighted by molar-refractivity contribution is 0.321. The van der Waals surface area contributed by atoms with Crippen LogP contribution in [0.5, 0.6) is 0 Å². The molecule has 0 spiro atoms. The van der Waals surface area contributed by atoms with Crippen molar-refractivity contribution >= 4 is 15.6 Å². The first-order valence-corrected chi connectivity index (χ1v) is 14.6. The van der Waals surface area contributed by atoms with Gasteiger partial charge in [0.25, 0.3) is 0 Å². The molecule has 2 heterocycles. The second-order valence-electron chi connectivity index (χ2n) is 9.72. The van der Waals surface area contributed by atoms with Crippen molar-refractivity contribution in [2.75, 3.05) is 0 Å². The SMILES string of the molecule is O=[P+]1C2CCCCCCC2C1c1ccc(C2C3CCCCCCC3[P+]2=O)cc1. The van der Waals surface area contributed by atoms with Gasteiger partial charge in [0.1, 0.15) is 0 Å². The Kier molecular flexibility index (Phi) is 5.73. The summed E-state index contributed by atoms with van der Waals surface area (Å²) in [5.41, 5.74) is 4.12. The zero-order chi connectivity index (χ0) is 19.1. The third-order valence-electron chi connectivity index (χ3n) is 8.20. The van der Waals surface area contributed by atoms with Crippen LogP contribution in [0.15, 0.2) is 24.3 Å². The molecular formula is C24H34O2P2+2. The van der Waals surface area contributed by atoms with Gasteiger partial charge in [-0.2, -0.15) is 0 Å². The van der Waals surface area contributed by atoms with E-state index in [1.54, 1.807) is 0 Å². The molecule has 2 saturated heterocycles. The monoisotopic (exact) mass is 416 g/mol. The Bertz CT molecular complexity index is 680. The number of benzene rings is 1. The molecule has 4 heteroatoms. The largest absolute Gasteiger partial charge is 0.350 e. The van der Waals surface area contributed by atoms with E-state index in [1.165, 1.54) is 88.2 Å². The van der Waals surface area contributed by atoms with Crippen LogP contribution in [0.2, 0.25) is 0 Å². The van der Waals surface area contributed by atoms with Gasteiger partial charge in [0.05, 0.1) is 11.8 Å². The number of hydrogen-bond donors (Lipinski definition) is 0. The Balaban J connectivity index is 1.31. The van der Waals surface area contributed by atoms with Gasteiger partial charge in [-0.3, -0.25) is 0 Å². The normalized spacial score (nSPS) is 41.1. The van der Waals surface area contributed by atoms with Gasteiger partial charge >= 0.3 is 15.6 Å². The molecule has 8 unspecified atom stereocenters. The molecule has 2 aliphatic carbocycles. The molecule has 28 heavy (non-hydrogen) atoms. The van der Waals surface area contributed by atoms with Gasteiger partial charge < -0.3 is 0 Å². The Labute approximate surface area is 171 Å². The second kappa shape index (κ2) is 8.28.